The molecule has 2 heterocycles. The molecule has 0 aliphatic carbocycles. The second-order valence-electron chi connectivity index (χ2n) is 6.35. The molecule has 2 aromatic carbocycles. The van der Waals surface area contributed by atoms with Crippen molar-refractivity contribution in [1.29, 1.82) is 0 Å². The zero-order valence-electron chi connectivity index (χ0n) is 13.7. The Morgan fingerprint density at radius 3 is 2.76 bits per heavy atom. The standard InChI is InChI=1S/C19H17ClFN3O/c1-12-22-17-7-2-3-8-18(17)24(12)13-10-23(11-13)19(25)9-14-15(20)5-4-6-16(14)21/h2-8,13H,9-11H2,1H3. The van der Waals surface area contributed by atoms with Crippen LogP contribution in [0.1, 0.15) is 17.4 Å². The number of fused-ring (bicyclic) bond motifs is 1. The van der Waals surface area contributed by atoms with Crippen molar-refractivity contribution in [2.75, 3.05) is 13.1 Å². The number of imidazole rings is 1. The summed E-state index contributed by atoms with van der Waals surface area (Å²) in [5, 5.41) is 0.293. The molecule has 0 unspecified atom stereocenters. The number of hydrogen-bond acceptors (Lipinski definition) is 2. The first-order chi connectivity index (χ1) is 12.0. The second kappa shape index (κ2) is 6.15. The summed E-state index contributed by atoms with van der Waals surface area (Å²) in [4.78, 5) is 18.7. The van der Waals surface area contributed by atoms with Gasteiger partial charge in [0.1, 0.15) is 11.6 Å². The van der Waals surface area contributed by atoms with Gasteiger partial charge in [-0.25, -0.2) is 9.37 Å². The van der Waals surface area contributed by atoms with E-state index in [4.69, 9.17) is 11.6 Å². The van der Waals surface area contributed by atoms with Crippen molar-refractivity contribution in [2.24, 2.45) is 0 Å². The number of amides is 1. The molecule has 1 aliphatic heterocycles. The van der Waals surface area contributed by atoms with Gasteiger partial charge in [0.2, 0.25) is 5.91 Å². The summed E-state index contributed by atoms with van der Waals surface area (Å²) in [6.07, 6.45) is -0.0120. The van der Waals surface area contributed by atoms with Gasteiger partial charge in [0, 0.05) is 23.7 Å². The Kier molecular flexibility index (Phi) is 3.96. The molecular formula is C19H17ClFN3O. The van der Waals surface area contributed by atoms with Crippen LogP contribution in [0.15, 0.2) is 42.5 Å². The molecule has 0 bridgehead atoms. The smallest absolute Gasteiger partial charge is 0.227 e. The summed E-state index contributed by atoms with van der Waals surface area (Å²) in [6, 6.07) is 12.7. The van der Waals surface area contributed by atoms with Gasteiger partial charge in [-0.1, -0.05) is 29.8 Å². The number of aryl methyl sites for hydroxylation is 1. The number of rotatable bonds is 3. The van der Waals surface area contributed by atoms with E-state index in [1.165, 1.54) is 12.1 Å². The van der Waals surface area contributed by atoms with Crippen LogP contribution in [-0.4, -0.2) is 33.4 Å². The lowest BCUT2D eigenvalue weighted by atomic mass is 10.0. The summed E-state index contributed by atoms with van der Waals surface area (Å²) in [6.45, 7) is 3.18. The van der Waals surface area contributed by atoms with Gasteiger partial charge in [0.15, 0.2) is 0 Å². The van der Waals surface area contributed by atoms with Gasteiger partial charge < -0.3 is 9.47 Å². The van der Waals surface area contributed by atoms with Gasteiger partial charge in [-0.3, -0.25) is 4.79 Å². The maximum atomic E-state index is 13.9. The van der Waals surface area contributed by atoms with Gasteiger partial charge >= 0.3 is 0 Å². The van der Waals surface area contributed by atoms with E-state index < -0.39 is 5.82 Å². The van der Waals surface area contributed by atoms with Crippen LogP contribution < -0.4 is 0 Å². The summed E-state index contributed by atoms with van der Waals surface area (Å²) in [5.74, 6) is 0.398. The molecular weight excluding hydrogens is 341 g/mol. The third-order valence-electron chi connectivity index (χ3n) is 4.74. The summed E-state index contributed by atoms with van der Waals surface area (Å²) >= 11 is 6.01. The predicted molar refractivity (Wildman–Crippen MR) is 95.2 cm³/mol. The van der Waals surface area contributed by atoms with Crippen molar-refractivity contribution in [2.45, 2.75) is 19.4 Å². The van der Waals surface area contributed by atoms with Crippen LogP contribution in [0.25, 0.3) is 11.0 Å². The van der Waals surface area contributed by atoms with E-state index in [2.05, 4.69) is 9.55 Å². The number of halogens is 2. The van der Waals surface area contributed by atoms with Crippen molar-refractivity contribution in [3.8, 4) is 0 Å². The minimum absolute atomic E-state index is 0.0120. The highest BCUT2D eigenvalue weighted by Crippen LogP contribution is 2.29. The number of likely N-dealkylation sites (tertiary alicyclic amines) is 1. The SMILES string of the molecule is Cc1nc2ccccc2n1C1CN(C(=O)Cc2c(F)cccc2Cl)C1. The van der Waals surface area contributed by atoms with Gasteiger partial charge in [-0.2, -0.15) is 0 Å². The lowest BCUT2D eigenvalue weighted by Crippen LogP contribution is -2.51. The number of benzene rings is 2. The van der Waals surface area contributed by atoms with E-state index in [-0.39, 0.29) is 23.9 Å². The molecule has 1 aromatic heterocycles. The predicted octanol–water partition coefficient (Wildman–Crippen LogP) is 3.76. The van der Waals surface area contributed by atoms with Crippen LogP contribution in [0.2, 0.25) is 5.02 Å². The van der Waals surface area contributed by atoms with Crippen molar-refractivity contribution in [3.05, 3.63) is 64.7 Å². The third-order valence-corrected chi connectivity index (χ3v) is 5.10. The number of hydrogen-bond donors (Lipinski definition) is 0. The fourth-order valence-electron chi connectivity index (χ4n) is 3.41. The summed E-state index contributed by atoms with van der Waals surface area (Å²) in [5.41, 5.74) is 2.30. The molecule has 0 saturated carbocycles. The molecule has 4 rings (SSSR count). The summed E-state index contributed by atoms with van der Waals surface area (Å²) in [7, 11) is 0. The Labute approximate surface area is 149 Å². The zero-order valence-corrected chi connectivity index (χ0v) is 14.5. The summed E-state index contributed by atoms with van der Waals surface area (Å²) < 4.78 is 16.0. The fourth-order valence-corrected chi connectivity index (χ4v) is 3.64. The molecule has 1 amide bonds. The van der Waals surface area contributed by atoms with Gasteiger partial charge in [-0.05, 0) is 31.2 Å². The van der Waals surface area contributed by atoms with Crippen LogP contribution in [0, 0.1) is 12.7 Å². The van der Waals surface area contributed by atoms with E-state index in [1.807, 2.05) is 31.2 Å². The molecule has 25 heavy (non-hydrogen) atoms. The normalized spacial score (nSPS) is 14.8. The molecule has 128 valence electrons. The second-order valence-corrected chi connectivity index (χ2v) is 6.75. The average molecular weight is 358 g/mol. The van der Waals surface area contributed by atoms with E-state index in [9.17, 15) is 9.18 Å². The lowest BCUT2D eigenvalue weighted by Gasteiger charge is -2.40. The highest BCUT2D eigenvalue weighted by molar-refractivity contribution is 6.31. The highest BCUT2D eigenvalue weighted by Gasteiger charge is 2.33. The quantitative estimate of drug-likeness (QED) is 0.715. The Balaban J connectivity index is 1.48. The Morgan fingerprint density at radius 2 is 2.00 bits per heavy atom. The van der Waals surface area contributed by atoms with Crippen molar-refractivity contribution < 1.29 is 9.18 Å². The van der Waals surface area contributed by atoms with E-state index in [0.717, 1.165) is 16.9 Å². The molecule has 0 spiro atoms. The number of nitrogens with zero attached hydrogens (tertiary/aromatic N) is 3. The first-order valence-corrected chi connectivity index (χ1v) is 8.56. The number of carbonyl (C=O) groups excluding carboxylic acids is 1. The minimum Gasteiger partial charge on any atom is -0.338 e. The van der Waals surface area contributed by atoms with Gasteiger partial charge in [-0.15, -0.1) is 0 Å². The van der Waals surface area contributed by atoms with Crippen LogP contribution in [-0.2, 0) is 11.2 Å². The molecule has 0 N–H and O–H groups in total. The third kappa shape index (κ3) is 2.78. The van der Waals surface area contributed by atoms with E-state index >= 15 is 0 Å². The molecule has 1 fully saturated rings. The molecule has 4 nitrogen and oxygen atoms in total. The number of para-hydroxylation sites is 2. The fraction of sp³-hybridized carbons (Fsp3) is 0.263. The van der Waals surface area contributed by atoms with Crippen molar-refractivity contribution >= 4 is 28.5 Å². The molecule has 6 heteroatoms. The minimum atomic E-state index is -0.436. The van der Waals surface area contributed by atoms with Crippen LogP contribution >= 0.6 is 11.6 Å². The maximum Gasteiger partial charge on any atom is 0.227 e. The van der Waals surface area contributed by atoms with Gasteiger partial charge in [0.25, 0.3) is 0 Å². The van der Waals surface area contributed by atoms with E-state index in [1.54, 1.807) is 11.0 Å². The first-order valence-electron chi connectivity index (χ1n) is 8.19. The highest BCUT2D eigenvalue weighted by atomic mass is 35.5. The van der Waals surface area contributed by atoms with Crippen LogP contribution in [0.5, 0.6) is 0 Å². The molecule has 0 atom stereocenters. The van der Waals surface area contributed by atoms with Crippen molar-refractivity contribution in [3.63, 3.8) is 0 Å². The monoisotopic (exact) mass is 357 g/mol. The Hall–Kier alpha value is -2.40. The molecule has 0 radical (unpaired) electrons. The largest absolute Gasteiger partial charge is 0.338 e. The average Bonchev–Trinajstić information content (AvgIpc) is 2.86. The number of carbonyl (C=O) groups is 1. The molecule has 1 saturated heterocycles. The van der Waals surface area contributed by atoms with Crippen LogP contribution in [0.3, 0.4) is 0 Å². The van der Waals surface area contributed by atoms with E-state index in [0.29, 0.717) is 18.1 Å². The molecule has 1 aliphatic rings. The topological polar surface area (TPSA) is 38.1 Å². The Morgan fingerprint density at radius 1 is 1.24 bits per heavy atom. The number of aromatic nitrogens is 2. The van der Waals surface area contributed by atoms with Crippen molar-refractivity contribution in [1.82, 2.24) is 14.5 Å². The first kappa shape index (κ1) is 16.1. The zero-order chi connectivity index (χ0) is 17.6. The van der Waals surface area contributed by atoms with Crippen LogP contribution in [0.4, 0.5) is 4.39 Å². The maximum absolute atomic E-state index is 13.9. The molecule has 3 aromatic rings. The van der Waals surface area contributed by atoms with Gasteiger partial charge in [0.05, 0.1) is 23.5 Å². The Bertz CT molecular complexity index is 942. The lowest BCUT2D eigenvalue weighted by molar-refractivity contribution is -0.136.